The third-order valence-corrected chi connectivity index (χ3v) is 5.62. The normalized spacial score (nSPS) is 13.5. The van der Waals surface area contributed by atoms with Crippen molar-refractivity contribution >= 4 is 58.0 Å². The van der Waals surface area contributed by atoms with Gasteiger partial charge in [-0.3, -0.25) is 14.4 Å². The van der Waals surface area contributed by atoms with E-state index in [9.17, 15) is 14.4 Å². The maximum absolute atomic E-state index is 13.0. The first-order valence-corrected chi connectivity index (χ1v) is 10.4. The zero-order chi connectivity index (χ0) is 22.8. The fraction of sp³-hybridized carbons (Fsp3) is 0.0417. The summed E-state index contributed by atoms with van der Waals surface area (Å²) in [6.07, 6.45) is 0. The Balaban J connectivity index is 1.58. The highest BCUT2D eigenvalue weighted by Gasteiger charge is 2.39. The van der Waals surface area contributed by atoms with Crippen molar-refractivity contribution in [1.29, 1.82) is 0 Å². The maximum atomic E-state index is 13.0. The van der Waals surface area contributed by atoms with Crippen molar-refractivity contribution in [2.75, 3.05) is 22.2 Å². The summed E-state index contributed by atoms with van der Waals surface area (Å²) < 4.78 is 0. The molecule has 32 heavy (non-hydrogen) atoms. The summed E-state index contributed by atoms with van der Waals surface area (Å²) in [6.45, 7) is 0. The summed E-state index contributed by atoms with van der Waals surface area (Å²) in [6, 6.07) is 22.3. The molecule has 0 fully saturated rings. The number of hydrogen-bond donors (Lipinski definition) is 1. The molecule has 0 radical (unpaired) electrons. The SMILES string of the molecule is CN(C(=O)c1cccc(NC2=C(Cl)C(=O)N(c3ccccc3Cl)C2=O)c1)c1ccccc1. The fourth-order valence-corrected chi connectivity index (χ4v) is 3.73. The quantitative estimate of drug-likeness (QED) is 0.535. The Hall–Kier alpha value is -3.61. The maximum Gasteiger partial charge on any atom is 0.283 e. The average Bonchev–Trinajstić information content (AvgIpc) is 3.02. The second-order valence-corrected chi connectivity index (χ2v) is 7.78. The molecule has 0 aliphatic carbocycles. The number of imide groups is 1. The van der Waals surface area contributed by atoms with Crippen LogP contribution in [0.1, 0.15) is 10.4 Å². The van der Waals surface area contributed by atoms with Crippen LogP contribution in [-0.2, 0) is 9.59 Å². The summed E-state index contributed by atoms with van der Waals surface area (Å²) in [5.74, 6) is -1.54. The van der Waals surface area contributed by atoms with E-state index in [1.165, 1.54) is 4.90 Å². The molecule has 160 valence electrons. The standard InChI is InChI=1S/C24H17Cl2N3O3/c1-28(17-10-3-2-4-11-17)22(30)15-8-7-9-16(14-15)27-21-20(26)23(31)29(24(21)32)19-13-6-5-12-18(19)25/h2-14,27H,1H3. The van der Waals surface area contributed by atoms with E-state index < -0.39 is 11.8 Å². The van der Waals surface area contributed by atoms with E-state index in [0.717, 1.165) is 10.6 Å². The molecule has 3 aromatic rings. The second kappa shape index (κ2) is 8.86. The molecule has 0 aromatic heterocycles. The predicted molar refractivity (Wildman–Crippen MR) is 126 cm³/mol. The molecule has 0 saturated heterocycles. The van der Waals surface area contributed by atoms with Crippen molar-refractivity contribution in [3.8, 4) is 0 Å². The second-order valence-electron chi connectivity index (χ2n) is 6.99. The molecule has 6 nitrogen and oxygen atoms in total. The molecule has 0 unspecified atom stereocenters. The first kappa shape index (κ1) is 21.6. The minimum absolute atomic E-state index is 0.0856. The van der Waals surface area contributed by atoms with Crippen LogP contribution in [-0.4, -0.2) is 24.8 Å². The van der Waals surface area contributed by atoms with Crippen LogP contribution in [0.4, 0.5) is 17.1 Å². The molecule has 8 heteroatoms. The number of rotatable bonds is 5. The number of carbonyl (C=O) groups excluding carboxylic acids is 3. The topological polar surface area (TPSA) is 69.7 Å². The van der Waals surface area contributed by atoms with Gasteiger partial charge in [0.1, 0.15) is 10.7 Å². The number of anilines is 3. The Labute approximate surface area is 194 Å². The first-order chi connectivity index (χ1) is 15.4. The molecule has 1 aliphatic rings. The van der Waals surface area contributed by atoms with E-state index in [4.69, 9.17) is 23.2 Å². The van der Waals surface area contributed by atoms with Crippen LogP contribution in [0.25, 0.3) is 0 Å². The molecule has 4 rings (SSSR count). The summed E-state index contributed by atoms with van der Waals surface area (Å²) in [7, 11) is 1.68. The van der Waals surface area contributed by atoms with Gasteiger partial charge < -0.3 is 10.2 Å². The summed E-state index contributed by atoms with van der Waals surface area (Å²) in [5.41, 5.74) is 1.74. The molecule has 1 aliphatic heterocycles. The van der Waals surface area contributed by atoms with Crippen LogP contribution in [0, 0.1) is 0 Å². The van der Waals surface area contributed by atoms with Crippen molar-refractivity contribution in [3.05, 3.63) is 100 Å². The molecular formula is C24H17Cl2N3O3. The molecule has 3 amide bonds. The highest BCUT2D eigenvalue weighted by atomic mass is 35.5. The lowest BCUT2D eigenvalue weighted by Gasteiger charge is -2.18. The first-order valence-electron chi connectivity index (χ1n) is 9.61. The highest BCUT2D eigenvalue weighted by Crippen LogP contribution is 2.34. The molecule has 0 atom stereocenters. The van der Waals surface area contributed by atoms with Gasteiger partial charge in [-0.2, -0.15) is 0 Å². The highest BCUT2D eigenvalue weighted by molar-refractivity contribution is 6.53. The molecule has 3 aromatic carbocycles. The van der Waals surface area contributed by atoms with E-state index in [1.54, 1.807) is 55.6 Å². The van der Waals surface area contributed by atoms with Gasteiger partial charge in [-0.05, 0) is 42.5 Å². The number of amides is 3. The lowest BCUT2D eigenvalue weighted by Crippen LogP contribution is -2.32. The number of halogens is 2. The third-order valence-electron chi connectivity index (χ3n) is 4.95. The Morgan fingerprint density at radius 3 is 2.28 bits per heavy atom. The van der Waals surface area contributed by atoms with E-state index in [2.05, 4.69) is 5.32 Å². The van der Waals surface area contributed by atoms with Gasteiger partial charge in [0.2, 0.25) is 0 Å². The number of hydrogen-bond acceptors (Lipinski definition) is 4. The van der Waals surface area contributed by atoms with Gasteiger partial charge in [0.25, 0.3) is 17.7 Å². The van der Waals surface area contributed by atoms with Gasteiger partial charge >= 0.3 is 0 Å². The van der Waals surface area contributed by atoms with Crippen molar-refractivity contribution in [1.82, 2.24) is 0 Å². The number of para-hydroxylation sites is 2. The van der Waals surface area contributed by atoms with Crippen molar-refractivity contribution < 1.29 is 14.4 Å². The molecule has 0 spiro atoms. The van der Waals surface area contributed by atoms with Gasteiger partial charge in [0.05, 0.1) is 10.7 Å². The summed E-state index contributed by atoms with van der Waals surface area (Å²) in [5, 5.41) is 2.88. The smallest absolute Gasteiger partial charge is 0.283 e. The van der Waals surface area contributed by atoms with Crippen molar-refractivity contribution in [3.63, 3.8) is 0 Å². The van der Waals surface area contributed by atoms with E-state index in [0.29, 0.717) is 11.3 Å². The number of nitrogens with zero attached hydrogens (tertiary/aromatic N) is 2. The molecular weight excluding hydrogens is 449 g/mol. The monoisotopic (exact) mass is 465 g/mol. The van der Waals surface area contributed by atoms with Crippen LogP contribution in [0.3, 0.4) is 0 Å². The van der Waals surface area contributed by atoms with E-state index in [1.807, 2.05) is 30.3 Å². The van der Waals surface area contributed by atoms with E-state index in [-0.39, 0.29) is 27.3 Å². The number of nitrogens with one attached hydrogen (secondary N) is 1. The minimum Gasteiger partial charge on any atom is -0.350 e. The minimum atomic E-state index is -0.677. The van der Waals surface area contributed by atoms with Crippen LogP contribution >= 0.6 is 23.2 Å². The zero-order valence-corrected chi connectivity index (χ0v) is 18.4. The van der Waals surface area contributed by atoms with Gasteiger partial charge in [0, 0.05) is 24.0 Å². The number of carbonyl (C=O) groups is 3. The van der Waals surface area contributed by atoms with Crippen LogP contribution < -0.4 is 15.1 Å². The zero-order valence-electron chi connectivity index (χ0n) is 16.9. The Kier molecular flexibility index (Phi) is 5.99. The third kappa shape index (κ3) is 3.98. The van der Waals surface area contributed by atoms with Gasteiger partial charge in [-0.15, -0.1) is 0 Å². The van der Waals surface area contributed by atoms with Crippen LogP contribution in [0.5, 0.6) is 0 Å². The van der Waals surface area contributed by atoms with Crippen LogP contribution in [0.15, 0.2) is 89.6 Å². The number of benzene rings is 3. The fourth-order valence-electron chi connectivity index (χ4n) is 3.30. The van der Waals surface area contributed by atoms with Crippen molar-refractivity contribution in [2.24, 2.45) is 0 Å². The summed E-state index contributed by atoms with van der Waals surface area (Å²) in [4.78, 5) is 41.0. The van der Waals surface area contributed by atoms with Gasteiger partial charge in [-0.25, -0.2) is 4.90 Å². The molecule has 0 bridgehead atoms. The Morgan fingerprint density at radius 2 is 1.56 bits per heavy atom. The molecule has 1 heterocycles. The lowest BCUT2D eigenvalue weighted by atomic mass is 10.1. The Bertz CT molecular complexity index is 1260. The van der Waals surface area contributed by atoms with Gasteiger partial charge in [-0.1, -0.05) is 59.6 Å². The average molecular weight is 466 g/mol. The largest absolute Gasteiger partial charge is 0.350 e. The lowest BCUT2D eigenvalue weighted by molar-refractivity contribution is -0.120. The molecule has 1 N–H and O–H groups in total. The van der Waals surface area contributed by atoms with Crippen LogP contribution in [0.2, 0.25) is 5.02 Å². The van der Waals surface area contributed by atoms with E-state index >= 15 is 0 Å². The summed E-state index contributed by atoms with van der Waals surface area (Å²) >= 11 is 12.3. The van der Waals surface area contributed by atoms with Gasteiger partial charge in [0.15, 0.2) is 0 Å². The Morgan fingerprint density at radius 1 is 0.875 bits per heavy atom. The van der Waals surface area contributed by atoms with Crippen molar-refractivity contribution in [2.45, 2.75) is 0 Å². The molecule has 0 saturated carbocycles. The predicted octanol–water partition coefficient (Wildman–Crippen LogP) is 5.05.